The molecule has 1 aliphatic rings. The van der Waals surface area contributed by atoms with Gasteiger partial charge in [0.15, 0.2) is 23.2 Å². The smallest absolute Gasteiger partial charge is 0.314 e. The molecule has 1 fully saturated rings. The number of carbonyl (C=O) groups is 1. The number of ether oxygens (including phenoxy) is 1. The molecule has 0 unspecified atom stereocenters. The van der Waals surface area contributed by atoms with Crippen LogP contribution in [0.3, 0.4) is 0 Å². The Morgan fingerprint density at radius 3 is 2.13 bits per heavy atom. The summed E-state index contributed by atoms with van der Waals surface area (Å²) < 4.78 is 64.2. The molecule has 4 rings (SSSR count). The van der Waals surface area contributed by atoms with Crippen LogP contribution in [-0.2, 0) is 17.6 Å². The minimum atomic E-state index is -1.15. The van der Waals surface area contributed by atoms with Crippen molar-refractivity contribution < 1.29 is 27.1 Å². The fourth-order valence-electron chi connectivity index (χ4n) is 5.28. The lowest BCUT2D eigenvalue weighted by atomic mass is 9.78. The van der Waals surface area contributed by atoms with E-state index in [1.165, 1.54) is 12.1 Å². The second-order valence-electron chi connectivity index (χ2n) is 10.2. The highest BCUT2D eigenvalue weighted by Crippen LogP contribution is 2.39. The van der Waals surface area contributed by atoms with Crippen LogP contribution >= 0.6 is 0 Å². The van der Waals surface area contributed by atoms with E-state index in [0.29, 0.717) is 43.2 Å². The summed E-state index contributed by atoms with van der Waals surface area (Å²) in [5.41, 5.74) is 2.57. The monoisotopic (exact) mass is 526 g/mol. The zero-order valence-electron chi connectivity index (χ0n) is 22.0. The number of unbranched alkanes of at least 4 members (excludes halogenated alkanes) is 1. The van der Waals surface area contributed by atoms with E-state index in [-0.39, 0.29) is 17.0 Å². The summed E-state index contributed by atoms with van der Waals surface area (Å²) in [4.78, 5) is 12.7. The molecule has 0 aliphatic heterocycles. The van der Waals surface area contributed by atoms with Gasteiger partial charge in [-0.15, -0.1) is 0 Å². The number of hydrogen-bond acceptors (Lipinski definition) is 2. The van der Waals surface area contributed by atoms with Crippen LogP contribution in [-0.4, -0.2) is 5.97 Å². The first-order valence-electron chi connectivity index (χ1n) is 13.6. The zero-order chi connectivity index (χ0) is 27.2. The Bertz CT molecular complexity index is 1260. The standard InChI is InChI=1S/C32H34F4O2/c1-3-5-7-23-16-19-27(31(36)28(23)33)38-32(37)24-14-12-22(13-15-24)26-18-17-25(29(34)30(26)35)21-10-8-20(6-4-2)9-11-21/h8-11,16-19,22,24H,3-7,12-15H2,1-2H3. The molecule has 1 saturated carbocycles. The summed E-state index contributed by atoms with van der Waals surface area (Å²) >= 11 is 0. The lowest BCUT2D eigenvalue weighted by molar-refractivity contribution is -0.140. The summed E-state index contributed by atoms with van der Waals surface area (Å²) in [6, 6.07) is 13.5. The highest BCUT2D eigenvalue weighted by Gasteiger charge is 2.31. The quantitative estimate of drug-likeness (QED) is 0.158. The van der Waals surface area contributed by atoms with Crippen LogP contribution in [0.4, 0.5) is 17.6 Å². The van der Waals surface area contributed by atoms with Crippen LogP contribution in [0.25, 0.3) is 11.1 Å². The number of hydrogen-bond donors (Lipinski definition) is 0. The van der Waals surface area contributed by atoms with Gasteiger partial charge in [0, 0.05) is 5.56 Å². The predicted octanol–water partition coefficient (Wildman–Crippen LogP) is 9.08. The Hall–Kier alpha value is -3.15. The highest BCUT2D eigenvalue weighted by atomic mass is 19.2. The van der Waals surface area contributed by atoms with Crippen molar-refractivity contribution in [1.29, 1.82) is 0 Å². The Kier molecular flexibility index (Phi) is 9.24. The maximum atomic E-state index is 15.1. The summed E-state index contributed by atoms with van der Waals surface area (Å²) in [6.45, 7) is 4.05. The molecule has 0 heterocycles. The van der Waals surface area contributed by atoms with Crippen molar-refractivity contribution in [2.24, 2.45) is 5.92 Å². The molecule has 0 atom stereocenters. The Morgan fingerprint density at radius 1 is 0.763 bits per heavy atom. The molecule has 38 heavy (non-hydrogen) atoms. The van der Waals surface area contributed by atoms with E-state index in [9.17, 15) is 13.6 Å². The normalized spacial score (nSPS) is 17.4. The van der Waals surface area contributed by atoms with Crippen molar-refractivity contribution in [3.63, 3.8) is 0 Å². The molecule has 0 spiro atoms. The number of esters is 1. The number of aryl methyl sites for hydroxylation is 2. The van der Waals surface area contributed by atoms with Gasteiger partial charge in [0.25, 0.3) is 0 Å². The summed E-state index contributed by atoms with van der Waals surface area (Å²) in [6.07, 6.45) is 5.67. The van der Waals surface area contributed by atoms with Gasteiger partial charge in [-0.25, -0.2) is 13.2 Å². The first kappa shape index (κ1) is 27.9. The second kappa shape index (κ2) is 12.6. The summed E-state index contributed by atoms with van der Waals surface area (Å²) in [5, 5.41) is 0. The van der Waals surface area contributed by atoms with Crippen molar-refractivity contribution >= 4 is 5.97 Å². The molecule has 1 aliphatic carbocycles. The fourth-order valence-corrected chi connectivity index (χ4v) is 5.28. The third kappa shape index (κ3) is 6.11. The van der Waals surface area contributed by atoms with Gasteiger partial charge in [-0.05, 0) is 79.2 Å². The van der Waals surface area contributed by atoms with E-state index in [1.807, 2.05) is 31.2 Å². The molecule has 2 nitrogen and oxygen atoms in total. The first-order chi connectivity index (χ1) is 18.3. The third-order valence-electron chi connectivity index (χ3n) is 7.55. The molecule has 0 bridgehead atoms. The maximum Gasteiger partial charge on any atom is 0.314 e. The molecule has 3 aromatic carbocycles. The van der Waals surface area contributed by atoms with Gasteiger partial charge in [-0.1, -0.05) is 69.2 Å². The van der Waals surface area contributed by atoms with Crippen molar-refractivity contribution in [3.05, 3.63) is 88.5 Å². The van der Waals surface area contributed by atoms with Crippen molar-refractivity contribution in [1.82, 2.24) is 0 Å². The summed E-state index contributed by atoms with van der Waals surface area (Å²) in [5.74, 6) is -5.65. The molecule has 0 radical (unpaired) electrons. The third-order valence-corrected chi connectivity index (χ3v) is 7.55. The van der Waals surface area contributed by atoms with Gasteiger partial charge in [-0.2, -0.15) is 4.39 Å². The molecular weight excluding hydrogens is 492 g/mol. The molecular formula is C32H34F4O2. The largest absolute Gasteiger partial charge is 0.423 e. The Labute approximate surface area is 222 Å². The minimum absolute atomic E-state index is 0.224. The Morgan fingerprint density at radius 2 is 1.47 bits per heavy atom. The minimum Gasteiger partial charge on any atom is -0.423 e. The van der Waals surface area contributed by atoms with Gasteiger partial charge in [0.05, 0.1) is 5.92 Å². The fraction of sp³-hybridized carbons (Fsp3) is 0.406. The van der Waals surface area contributed by atoms with E-state index in [1.54, 1.807) is 12.1 Å². The topological polar surface area (TPSA) is 26.3 Å². The molecule has 0 saturated heterocycles. The van der Waals surface area contributed by atoms with Crippen molar-refractivity contribution in [2.45, 2.75) is 77.6 Å². The predicted molar refractivity (Wildman–Crippen MR) is 141 cm³/mol. The second-order valence-corrected chi connectivity index (χ2v) is 10.2. The summed E-state index contributed by atoms with van der Waals surface area (Å²) in [7, 11) is 0. The SMILES string of the molecule is CCCCc1ccc(OC(=O)C2CCC(c3ccc(-c4ccc(CCC)cc4)c(F)c3F)CC2)c(F)c1F. The zero-order valence-corrected chi connectivity index (χ0v) is 22.0. The molecule has 202 valence electrons. The van der Waals surface area contributed by atoms with E-state index in [4.69, 9.17) is 4.74 Å². The number of carbonyl (C=O) groups excluding carboxylic acids is 1. The van der Waals surface area contributed by atoms with Crippen LogP contribution < -0.4 is 4.74 Å². The number of rotatable bonds is 9. The van der Waals surface area contributed by atoms with E-state index in [2.05, 4.69) is 6.92 Å². The van der Waals surface area contributed by atoms with E-state index in [0.717, 1.165) is 31.2 Å². The molecule has 3 aromatic rings. The van der Waals surface area contributed by atoms with E-state index >= 15 is 8.78 Å². The van der Waals surface area contributed by atoms with Crippen LogP contribution in [0.2, 0.25) is 0 Å². The van der Waals surface area contributed by atoms with Gasteiger partial charge >= 0.3 is 5.97 Å². The maximum absolute atomic E-state index is 15.1. The lowest BCUT2D eigenvalue weighted by Gasteiger charge is -2.28. The highest BCUT2D eigenvalue weighted by molar-refractivity contribution is 5.75. The van der Waals surface area contributed by atoms with Gasteiger partial charge in [-0.3, -0.25) is 4.79 Å². The number of halogens is 4. The van der Waals surface area contributed by atoms with Crippen LogP contribution in [0, 0.1) is 29.2 Å². The Balaban J connectivity index is 1.39. The molecule has 0 amide bonds. The van der Waals surface area contributed by atoms with Gasteiger partial charge in [0.1, 0.15) is 0 Å². The van der Waals surface area contributed by atoms with E-state index < -0.39 is 40.9 Å². The lowest BCUT2D eigenvalue weighted by Crippen LogP contribution is -2.26. The van der Waals surface area contributed by atoms with Crippen molar-refractivity contribution in [3.8, 4) is 16.9 Å². The average molecular weight is 527 g/mol. The van der Waals surface area contributed by atoms with Crippen LogP contribution in [0.5, 0.6) is 5.75 Å². The molecule has 0 aromatic heterocycles. The van der Waals surface area contributed by atoms with Gasteiger partial charge < -0.3 is 4.74 Å². The van der Waals surface area contributed by atoms with Crippen LogP contribution in [0.15, 0.2) is 48.5 Å². The molecule has 0 N–H and O–H groups in total. The average Bonchev–Trinajstić information content (AvgIpc) is 2.93. The van der Waals surface area contributed by atoms with Gasteiger partial charge in [0.2, 0.25) is 5.82 Å². The molecule has 6 heteroatoms. The number of benzene rings is 3. The van der Waals surface area contributed by atoms with Crippen LogP contribution in [0.1, 0.15) is 81.4 Å². The van der Waals surface area contributed by atoms with Crippen molar-refractivity contribution in [2.75, 3.05) is 0 Å². The first-order valence-corrected chi connectivity index (χ1v) is 13.6.